The molecule has 33 heavy (non-hydrogen) atoms. The number of carbonyl (C=O) groups excluding carboxylic acids is 2. The van der Waals surface area contributed by atoms with Gasteiger partial charge >= 0.3 is 5.97 Å². The van der Waals surface area contributed by atoms with E-state index in [0.29, 0.717) is 10.4 Å². The third kappa shape index (κ3) is 6.02. The highest BCUT2D eigenvalue weighted by atomic mass is 35.5. The quantitative estimate of drug-likeness (QED) is 0.397. The van der Waals surface area contributed by atoms with Gasteiger partial charge in [0.05, 0.1) is 30.8 Å². The Morgan fingerprint density at radius 3 is 2.39 bits per heavy atom. The smallest absolute Gasteiger partial charge is 0.338 e. The lowest BCUT2D eigenvalue weighted by atomic mass is 10.0. The SMILES string of the molecule is COc1ccc(C(NC(=O)COC(=O)c2ccc(Cl)c(S(=O)(=O)N(C)OC)c2)C2CC2)cc1. The minimum atomic E-state index is -4.08. The molecule has 0 aromatic heterocycles. The van der Waals surface area contributed by atoms with Crippen LogP contribution in [0.1, 0.15) is 34.8 Å². The van der Waals surface area contributed by atoms with Crippen LogP contribution in [0.2, 0.25) is 5.02 Å². The van der Waals surface area contributed by atoms with E-state index in [4.69, 9.17) is 25.9 Å². The van der Waals surface area contributed by atoms with Crippen LogP contribution in [0.5, 0.6) is 5.75 Å². The summed E-state index contributed by atoms with van der Waals surface area (Å²) in [6.45, 7) is -0.513. The highest BCUT2D eigenvalue weighted by Crippen LogP contribution is 2.41. The number of methoxy groups -OCH3 is 1. The summed E-state index contributed by atoms with van der Waals surface area (Å²) in [7, 11) is -0.118. The van der Waals surface area contributed by atoms with Gasteiger partial charge in [0.1, 0.15) is 10.6 Å². The highest BCUT2D eigenvalue weighted by Gasteiger charge is 2.33. The van der Waals surface area contributed by atoms with Crippen molar-refractivity contribution in [3.63, 3.8) is 0 Å². The Morgan fingerprint density at radius 1 is 1.15 bits per heavy atom. The van der Waals surface area contributed by atoms with Crippen LogP contribution in [-0.4, -0.2) is 52.6 Å². The fourth-order valence-electron chi connectivity index (χ4n) is 3.21. The van der Waals surface area contributed by atoms with Crippen LogP contribution in [0, 0.1) is 5.92 Å². The van der Waals surface area contributed by atoms with Crippen molar-refractivity contribution in [2.75, 3.05) is 27.9 Å². The van der Waals surface area contributed by atoms with Crippen molar-refractivity contribution in [2.24, 2.45) is 5.92 Å². The zero-order chi connectivity index (χ0) is 24.2. The molecule has 1 N–H and O–H groups in total. The molecule has 0 saturated heterocycles. The first kappa shape index (κ1) is 25.0. The Labute approximate surface area is 197 Å². The van der Waals surface area contributed by atoms with Crippen molar-refractivity contribution < 1.29 is 32.3 Å². The van der Waals surface area contributed by atoms with E-state index in [-0.39, 0.29) is 21.5 Å². The van der Waals surface area contributed by atoms with Gasteiger partial charge in [-0.05, 0) is 54.7 Å². The van der Waals surface area contributed by atoms with Gasteiger partial charge in [-0.15, -0.1) is 0 Å². The monoisotopic (exact) mass is 496 g/mol. The van der Waals surface area contributed by atoms with Crippen molar-refractivity contribution in [1.82, 2.24) is 9.79 Å². The van der Waals surface area contributed by atoms with Crippen LogP contribution in [-0.2, 0) is 24.4 Å². The minimum absolute atomic E-state index is 0.0656. The predicted octanol–water partition coefficient (Wildman–Crippen LogP) is 2.95. The number of benzene rings is 2. The number of hydrogen-bond donors (Lipinski definition) is 1. The van der Waals surface area contributed by atoms with E-state index in [1.165, 1.54) is 26.3 Å². The largest absolute Gasteiger partial charge is 0.497 e. The third-order valence-corrected chi connectivity index (χ3v) is 7.42. The number of amides is 1. The van der Waals surface area contributed by atoms with Gasteiger partial charge in [-0.2, -0.15) is 0 Å². The molecule has 178 valence electrons. The topological polar surface area (TPSA) is 111 Å². The fraction of sp³-hybridized carbons (Fsp3) is 0.364. The fourth-order valence-corrected chi connectivity index (χ4v) is 4.68. The molecular formula is C22H25ClN2O7S. The van der Waals surface area contributed by atoms with Crippen molar-refractivity contribution in [2.45, 2.75) is 23.8 Å². The summed E-state index contributed by atoms with van der Waals surface area (Å²) in [5, 5.41) is 2.83. The third-order valence-electron chi connectivity index (χ3n) is 5.26. The molecule has 1 saturated carbocycles. The highest BCUT2D eigenvalue weighted by molar-refractivity contribution is 7.89. The Morgan fingerprint density at radius 2 is 1.82 bits per heavy atom. The lowest BCUT2D eigenvalue weighted by Crippen LogP contribution is -2.33. The average molecular weight is 497 g/mol. The number of halogens is 1. The zero-order valence-electron chi connectivity index (χ0n) is 18.4. The predicted molar refractivity (Wildman–Crippen MR) is 120 cm³/mol. The van der Waals surface area contributed by atoms with Crippen molar-refractivity contribution >= 4 is 33.5 Å². The van der Waals surface area contributed by atoms with Gasteiger partial charge in [0, 0.05) is 7.05 Å². The Balaban J connectivity index is 1.65. The average Bonchev–Trinajstić information content (AvgIpc) is 3.66. The maximum atomic E-state index is 12.5. The second-order valence-corrected chi connectivity index (χ2v) is 9.79. The first-order valence-electron chi connectivity index (χ1n) is 10.1. The number of hydrogen-bond acceptors (Lipinski definition) is 7. The molecule has 1 aliphatic carbocycles. The molecule has 2 aromatic rings. The van der Waals surface area contributed by atoms with Crippen LogP contribution in [0.15, 0.2) is 47.4 Å². The van der Waals surface area contributed by atoms with Gasteiger partial charge in [0.25, 0.3) is 15.9 Å². The van der Waals surface area contributed by atoms with Crippen molar-refractivity contribution in [3.8, 4) is 5.75 Å². The standard InChI is InChI=1S/C22H25ClN2O7S/c1-25(31-3)33(28,29)19-12-16(8-11-18(19)23)22(27)32-13-20(26)24-21(14-4-5-14)15-6-9-17(30-2)10-7-15/h6-12,14,21H,4-5,13H2,1-3H3,(H,24,26). The van der Waals surface area contributed by atoms with Crippen molar-refractivity contribution in [1.29, 1.82) is 0 Å². The number of carbonyl (C=O) groups is 2. The molecule has 1 atom stereocenters. The number of esters is 1. The van der Waals surface area contributed by atoms with E-state index in [1.54, 1.807) is 7.11 Å². The van der Waals surface area contributed by atoms with Crippen LogP contribution in [0.4, 0.5) is 0 Å². The number of nitrogens with zero attached hydrogens (tertiary/aromatic N) is 1. The van der Waals surface area contributed by atoms with Gasteiger partial charge in [-0.3, -0.25) is 9.63 Å². The Kier molecular flexibility index (Phi) is 7.96. The molecule has 1 unspecified atom stereocenters. The van der Waals surface area contributed by atoms with Crippen LogP contribution in [0.3, 0.4) is 0 Å². The second-order valence-electron chi connectivity index (χ2n) is 7.47. The lowest BCUT2D eigenvalue weighted by molar-refractivity contribution is -0.125. The lowest BCUT2D eigenvalue weighted by Gasteiger charge is -2.19. The molecule has 1 amide bonds. The molecule has 3 rings (SSSR count). The molecule has 9 nitrogen and oxygen atoms in total. The summed E-state index contributed by atoms with van der Waals surface area (Å²) < 4.78 is 35.9. The van der Waals surface area contributed by atoms with E-state index in [2.05, 4.69) is 5.32 Å². The summed E-state index contributed by atoms with van der Waals surface area (Å²) in [6, 6.07) is 10.9. The summed E-state index contributed by atoms with van der Waals surface area (Å²) in [4.78, 5) is 29.3. The summed E-state index contributed by atoms with van der Waals surface area (Å²) in [5.74, 6) is -0.280. The molecule has 0 spiro atoms. The van der Waals surface area contributed by atoms with Crippen LogP contribution < -0.4 is 10.1 Å². The van der Waals surface area contributed by atoms with Gasteiger partial charge in [0.2, 0.25) is 0 Å². The normalized spacial score (nSPS) is 14.6. The number of ether oxygens (including phenoxy) is 2. The zero-order valence-corrected chi connectivity index (χ0v) is 20.0. The summed E-state index contributed by atoms with van der Waals surface area (Å²) >= 11 is 6.00. The van der Waals surface area contributed by atoms with Crippen LogP contribution >= 0.6 is 11.6 Å². The number of hydroxylamine groups is 1. The van der Waals surface area contributed by atoms with E-state index < -0.39 is 28.5 Å². The Bertz CT molecular complexity index is 1120. The molecule has 1 aliphatic rings. The van der Waals surface area contributed by atoms with E-state index in [9.17, 15) is 18.0 Å². The molecular weight excluding hydrogens is 472 g/mol. The Hall–Kier alpha value is -2.66. The molecule has 11 heteroatoms. The number of nitrogens with one attached hydrogen (secondary N) is 1. The number of sulfonamides is 1. The van der Waals surface area contributed by atoms with Gasteiger partial charge in [0.15, 0.2) is 6.61 Å². The molecule has 0 radical (unpaired) electrons. The van der Waals surface area contributed by atoms with E-state index in [1.807, 2.05) is 24.3 Å². The second kappa shape index (κ2) is 10.5. The summed E-state index contributed by atoms with van der Waals surface area (Å²) in [5.41, 5.74) is 0.872. The molecule has 0 bridgehead atoms. The number of rotatable bonds is 10. The van der Waals surface area contributed by atoms with E-state index >= 15 is 0 Å². The maximum absolute atomic E-state index is 12.5. The van der Waals surface area contributed by atoms with Crippen molar-refractivity contribution in [3.05, 3.63) is 58.6 Å². The van der Waals surface area contributed by atoms with Crippen LogP contribution in [0.25, 0.3) is 0 Å². The van der Waals surface area contributed by atoms with Gasteiger partial charge in [-0.25, -0.2) is 13.2 Å². The minimum Gasteiger partial charge on any atom is -0.497 e. The maximum Gasteiger partial charge on any atom is 0.338 e. The van der Waals surface area contributed by atoms with E-state index in [0.717, 1.165) is 30.2 Å². The summed E-state index contributed by atoms with van der Waals surface area (Å²) in [6.07, 6.45) is 1.99. The first-order chi connectivity index (χ1) is 15.7. The molecule has 0 aliphatic heterocycles. The molecule has 2 aromatic carbocycles. The van der Waals surface area contributed by atoms with Gasteiger partial charge in [-0.1, -0.05) is 28.2 Å². The molecule has 0 heterocycles. The molecule has 1 fully saturated rings. The first-order valence-corrected chi connectivity index (χ1v) is 11.9. The van der Waals surface area contributed by atoms with Gasteiger partial charge < -0.3 is 14.8 Å².